The number of likely N-dealkylation sites (N-methyl/N-ethyl adjacent to an activating group) is 1. The third-order valence-corrected chi connectivity index (χ3v) is 4.31. The second-order valence-corrected chi connectivity index (χ2v) is 5.57. The first-order valence-electron chi connectivity index (χ1n) is 7.11. The summed E-state index contributed by atoms with van der Waals surface area (Å²) in [6, 6.07) is 9.65. The Labute approximate surface area is 122 Å². The second kappa shape index (κ2) is 4.98. The van der Waals surface area contributed by atoms with Gasteiger partial charge in [-0.3, -0.25) is 0 Å². The Morgan fingerprint density at radius 1 is 1.10 bits per heavy atom. The molecular formula is C15H17NO5. The van der Waals surface area contributed by atoms with Gasteiger partial charge in [0.1, 0.15) is 24.4 Å². The van der Waals surface area contributed by atoms with E-state index in [0.717, 1.165) is 5.56 Å². The summed E-state index contributed by atoms with van der Waals surface area (Å²) >= 11 is 0. The molecular weight excluding hydrogens is 274 g/mol. The van der Waals surface area contributed by atoms with Crippen LogP contribution < -0.4 is 0 Å². The van der Waals surface area contributed by atoms with Gasteiger partial charge in [0.25, 0.3) is 0 Å². The van der Waals surface area contributed by atoms with E-state index in [4.69, 9.17) is 18.9 Å². The maximum absolute atomic E-state index is 11.7. The molecule has 3 heterocycles. The first-order chi connectivity index (χ1) is 10.2. The van der Waals surface area contributed by atoms with Crippen molar-refractivity contribution in [2.75, 3.05) is 20.3 Å². The first-order valence-corrected chi connectivity index (χ1v) is 7.11. The Balaban J connectivity index is 1.58. The van der Waals surface area contributed by atoms with Crippen molar-refractivity contribution in [1.82, 2.24) is 4.90 Å². The van der Waals surface area contributed by atoms with Gasteiger partial charge in [-0.15, -0.1) is 0 Å². The number of ether oxygens (including phenoxy) is 4. The zero-order valence-electron chi connectivity index (χ0n) is 11.7. The van der Waals surface area contributed by atoms with Gasteiger partial charge in [0.05, 0.1) is 13.2 Å². The molecule has 3 aliphatic heterocycles. The van der Waals surface area contributed by atoms with Crippen LogP contribution in [0.2, 0.25) is 0 Å². The average Bonchev–Trinajstić information content (AvgIpc) is 2.83. The highest BCUT2D eigenvalue weighted by Gasteiger charge is 2.53. The highest BCUT2D eigenvalue weighted by molar-refractivity contribution is 5.70. The van der Waals surface area contributed by atoms with Gasteiger partial charge >= 0.3 is 6.09 Å². The molecule has 0 unspecified atom stereocenters. The number of nitrogens with zero attached hydrogens (tertiary/aromatic N) is 1. The van der Waals surface area contributed by atoms with Crippen molar-refractivity contribution in [1.29, 1.82) is 0 Å². The molecule has 1 amide bonds. The Hall–Kier alpha value is -1.63. The molecule has 0 N–H and O–H groups in total. The van der Waals surface area contributed by atoms with E-state index in [1.807, 2.05) is 30.3 Å². The SMILES string of the molecule is CN1C(=O)O[C@@H]2CO[C@@H]3CO[C@H](c4ccccc4)O[C@@H]3[C@@H]21. The molecule has 1 aromatic carbocycles. The van der Waals surface area contributed by atoms with Crippen molar-refractivity contribution >= 4 is 6.09 Å². The molecule has 0 spiro atoms. The van der Waals surface area contributed by atoms with Gasteiger partial charge in [-0.2, -0.15) is 0 Å². The minimum atomic E-state index is -0.432. The molecule has 0 saturated carbocycles. The van der Waals surface area contributed by atoms with Crippen LogP contribution in [0.5, 0.6) is 0 Å². The van der Waals surface area contributed by atoms with Crippen LogP contribution in [0.25, 0.3) is 0 Å². The summed E-state index contributed by atoms with van der Waals surface area (Å²) in [5, 5.41) is 0. The maximum atomic E-state index is 11.7. The zero-order valence-corrected chi connectivity index (χ0v) is 11.7. The van der Waals surface area contributed by atoms with E-state index in [1.165, 1.54) is 0 Å². The van der Waals surface area contributed by atoms with Crippen LogP contribution in [-0.2, 0) is 18.9 Å². The summed E-state index contributed by atoms with van der Waals surface area (Å²) < 4.78 is 22.9. The largest absolute Gasteiger partial charge is 0.441 e. The molecule has 5 atom stereocenters. The topological polar surface area (TPSA) is 57.2 Å². The van der Waals surface area contributed by atoms with Gasteiger partial charge in [-0.25, -0.2) is 4.79 Å². The molecule has 6 nitrogen and oxygen atoms in total. The molecule has 0 radical (unpaired) electrons. The third kappa shape index (κ3) is 2.10. The quantitative estimate of drug-likeness (QED) is 0.781. The lowest BCUT2D eigenvalue weighted by atomic mass is 9.96. The number of benzene rings is 1. The second-order valence-electron chi connectivity index (χ2n) is 5.57. The number of rotatable bonds is 1. The van der Waals surface area contributed by atoms with Gasteiger partial charge in [-0.05, 0) is 0 Å². The third-order valence-electron chi connectivity index (χ3n) is 4.31. The van der Waals surface area contributed by atoms with E-state index < -0.39 is 6.29 Å². The van der Waals surface area contributed by atoms with Crippen molar-refractivity contribution in [3.05, 3.63) is 35.9 Å². The van der Waals surface area contributed by atoms with E-state index in [9.17, 15) is 4.79 Å². The Morgan fingerprint density at radius 2 is 1.86 bits per heavy atom. The van der Waals surface area contributed by atoms with Gasteiger partial charge in [-0.1, -0.05) is 30.3 Å². The molecule has 1 aromatic rings. The number of carbonyl (C=O) groups is 1. The van der Waals surface area contributed by atoms with Crippen molar-refractivity contribution in [3.63, 3.8) is 0 Å². The first kappa shape index (κ1) is 13.1. The van der Waals surface area contributed by atoms with Crippen molar-refractivity contribution in [3.8, 4) is 0 Å². The van der Waals surface area contributed by atoms with Gasteiger partial charge in [0.2, 0.25) is 0 Å². The fourth-order valence-electron chi connectivity index (χ4n) is 3.21. The summed E-state index contributed by atoms with van der Waals surface area (Å²) in [4.78, 5) is 13.3. The summed E-state index contributed by atoms with van der Waals surface area (Å²) in [6.45, 7) is 0.847. The molecule has 21 heavy (non-hydrogen) atoms. The fourth-order valence-corrected chi connectivity index (χ4v) is 3.21. The van der Waals surface area contributed by atoms with Crippen LogP contribution in [0.15, 0.2) is 30.3 Å². The Bertz CT molecular complexity index is 536. The van der Waals surface area contributed by atoms with Crippen molar-refractivity contribution < 1.29 is 23.7 Å². The van der Waals surface area contributed by atoms with E-state index in [2.05, 4.69) is 0 Å². The maximum Gasteiger partial charge on any atom is 0.410 e. The highest BCUT2D eigenvalue weighted by Crippen LogP contribution is 2.36. The van der Waals surface area contributed by atoms with Crippen LogP contribution in [-0.4, -0.2) is 55.6 Å². The Morgan fingerprint density at radius 3 is 2.67 bits per heavy atom. The summed E-state index contributed by atoms with van der Waals surface area (Å²) in [5.41, 5.74) is 0.964. The van der Waals surface area contributed by atoms with E-state index >= 15 is 0 Å². The molecule has 0 aromatic heterocycles. The van der Waals surface area contributed by atoms with Crippen LogP contribution in [0, 0.1) is 0 Å². The van der Waals surface area contributed by atoms with E-state index in [1.54, 1.807) is 11.9 Å². The summed E-state index contributed by atoms with van der Waals surface area (Å²) in [7, 11) is 1.74. The number of hydrogen-bond acceptors (Lipinski definition) is 5. The summed E-state index contributed by atoms with van der Waals surface area (Å²) in [6.07, 6.45) is -1.42. The molecule has 4 rings (SSSR count). The molecule has 0 bridgehead atoms. The minimum Gasteiger partial charge on any atom is -0.441 e. The molecule has 3 fully saturated rings. The summed E-state index contributed by atoms with van der Waals surface area (Å²) in [5.74, 6) is 0. The van der Waals surface area contributed by atoms with Gasteiger partial charge in [0.15, 0.2) is 6.29 Å². The van der Waals surface area contributed by atoms with Gasteiger partial charge < -0.3 is 23.8 Å². The molecule has 6 heteroatoms. The lowest BCUT2D eigenvalue weighted by Crippen LogP contribution is -2.60. The lowest BCUT2D eigenvalue weighted by molar-refractivity contribution is -0.294. The monoisotopic (exact) mass is 291 g/mol. The fraction of sp³-hybridized carbons (Fsp3) is 0.533. The van der Waals surface area contributed by atoms with E-state index in [0.29, 0.717) is 13.2 Å². The zero-order chi connectivity index (χ0) is 14.4. The molecule has 112 valence electrons. The molecule has 0 aliphatic carbocycles. The number of fused-ring (bicyclic) bond motifs is 3. The average molecular weight is 291 g/mol. The molecule has 3 saturated heterocycles. The van der Waals surface area contributed by atoms with Crippen molar-refractivity contribution in [2.45, 2.75) is 30.6 Å². The van der Waals surface area contributed by atoms with Crippen LogP contribution in [0.3, 0.4) is 0 Å². The minimum absolute atomic E-state index is 0.119. The molecule has 3 aliphatic rings. The van der Waals surface area contributed by atoms with Gasteiger partial charge in [0, 0.05) is 12.6 Å². The van der Waals surface area contributed by atoms with Crippen LogP contribution in [0.1, 0.15) is 11.9 Å². The van der Waals surface area contributed by atoms with Crippen LogP contribution in [0.4, 0.5) is 4.79 Å². The standard InChI is InChI=1S/C15H17NO5/c1-16-12-10(20-15(16)17)7-18-11-8-19-14(21-13(11)12)9-5-3-2-4-6-9/h2-6,10-14H,7-8H2,1H3/t10-,11-,12-,13+,14+/m1/s1. The number of amides is 1. The van der Waals surface area contributed by atoms with Crippen LogP contribution >= 0.6 is 0 Å². The predicted octanol–water partition coefficient (Wildman–Crippen LogP) is 1.32. The number of carbonyl (C=O) groups excluding carboxylic acids is 1. The lowest BCUT2D eigenvalue weighted by Gasteiger charge is -2.44. The Kier molecular flexibility index (Phi) is 3.10. The van der Waals surface area contributed by atoms with E-state index in [-0.39, 0.29) is 30.4 Å². The highest BCUT2D eigenvalue weighted by atomic mass is 16.7. The normalized spacial score (nSPS) is 38.6. The predicted molar refractivity (Wildman–Crippen MR) is 71.6 cm³/mol. The smallest absolute Gasteiger partial charge is 0.410 e. The number of hydrogen-bond donors (Lipinski definition) is 0. The van der Waals surface area contributed by atoms with Crippen molar-refractivity contribution in [2.24, 2.45) is 0 Å².